The van der Waals surface area contributed by atoms with Gasteiger partial charge in [0.15, 0.2) is 0 Å². The molecule has 5 saturated carbocycles. The minimum Gasteiger partial charge on any atom is -0.373 e. The van der Waals surface area contributed by atoms with E-state index in [4.69, 9.17) is 4.74 Å². The highest BCUT2D eigenvalue weighted by Crippen LogP contribution is 2.60. The lowest BCUT2D eigenvalue weighted by atomic mass is 9.80. The lowest BCUT2D eigenvalue weighted by Crippen LogP contribution is -2.53. The Morgan fingerprint density at radius 1 is 0.400 bits per heavy atom. The SMILES string of the molecule is C1CCC(N2CCNCC2)C1.C1CCN(C2CCNCC2)CC1.C1CCN(N2CCNCC2)CC1.CC(C)(C)N1CC2C(C1)C2C1CCC1.CC(C)(C)N1CCN(CC2CC2)CC1.CC(C)(C)OC1CCN(CC(F)F)CC1.CC(C)C.CC(C)C.CC(C)C.CC(C)C.O=C(C1CC1)N1CCNCC1. The van der Waals surface area contributed by atoms with Crippen molar-refractivity contribution in [3.63, 3.8) is 0 Å². The van der Waals surface area contributed by atoms with E-state index in [0.29, 0.717) is 22.9 Å². The number of piperazine rings is 4. The van der Waals surface area contributed by atoms with Crippen LogP contribution >= 0.6 is 0 Å². The number of fused-ring (bicyclic) bond motifs is 1. The highest BCUT2D eigenvalue weighted by Gasteiger charge is 2.60. The Balaban J connectivity index is 0.000000251. The summed E-state index contributed by atoms with van der Waals surface area (Å²) >= 11 is 0. The summed E-state index contributed by atoms with van der Waals surface area (Å²) in [7, 11) is 0. The lowest BCUT2D eigenvalue weighted by Gasteiger charge is -2.42. The van der Waals surface area contributed by atoms with Crippen molar-refractivity contribution in [3.05, 3.63) is 0 Å². The van der Waals surface area contributed by atoms with E-state index in [1.54, 1.807) is 12.8 Å². The normalized spacial score (nSPS) is 26.1. The molecule has 0 bridgehead atoms. The van der Waals surface area contributed by atoms with E-state index in [9.17, 15) is 13.6 Å². The van der Waals surface area contributed by atoms with Crippen LogP contribution in [0.25, 0.3) is 0 Å². The van der Waals surface area contributed by atoms with Crippen molar-refractivity contribution in [1.82, 2.24) is 65.6 Å². The van der Waals surface area contributed by atoms with E-state index >= 15 is 0 Å². The molecule has 9 saturated heterocycles. The summed E-state index contributed by atoms with van der Waals surface area (Å²) in [6.07, 6.45) is 26.7. The standard InChI is InChI=1S/C13H23N.C12H24N2.C11H21F2NO.C10H20N2.C9H19N3.C9H18N2.C8H14N2O.4C4H10/c1-13(2,3)14-7-10-11(8-14)12(10)9-5-4-6-9;1-12(2,3)14-8-6-13(7-9-14)10-11-4-5-11;1-11(2,3)15-9-4-6-14(7-5-9)8-10(12)13;1-2-8-12(9-3-1)10-4-6-11-7-5-10;1-2-6-11(7-3-1)12-8-4-10-5-9-12;1-2-4-9(3-1)11-7-5-10-6-8-11;11-8(7-1-2-7)10-5-3-9-4-6-10;4*1-4(2)3/h9-12H,4-8H2,1-3H3;11H,4-10H2,1-3H3;9-10H,4-8H2,1-3H3;10-11H,1-9H2;10H,1-9H2;9-10H,1-8H2;7,9H,1-6H2;4*4H,1-3H3. The van der Waals surface area contributed by atoms with Gasteiger partial charge in [-0.2, -0.15) is 0 Å². The maximum atomic E-state index is 12.1. The monoisotopic (exact) mass is 1490 g/mol. The third kappa shape index (κ3) is 44.7. The van der Waals surface area contributed by atoms with Gasteiger partial charge in [-0.3, -0.25) is 24.4 Å². The van der Waals surface area contributed by atoms with Crippen molar-refractivity contribution in [2.24, 2.45) is 59.2 Å². The number of carbonyl (C=O) groups is 1. The van der Waals surface area contributed by atoms with Crippen LogP contribution in [0.1, 0.15) is 280 Å². The van der Waals surface area contributed by atoms with Gasteiger partial charge in [-0.05, 0) is 232 Å². The number of hydrogen-bond acceptors (Lipinski definition) is 14. The van der Waals surface area contributed by atoms with Crippen molar-refractivity contribution in [2.75, 3.05) is 183 Å². The zero-order chi connectivity index (χ0) is 77.5. The van der Waals surface area contributed by atoms with E-state index in [1.165, 1.54) is 221 Å². The number of nitrogens with zero attached hydrogens (tertiary/aromatic N) is 9. The second kappa shape index (κ2) is 52.3. The Labute approximate surface area is 650 Å². The van der Waals surface area contributed by atoms with Gasteiger partial charge in [-0.1, -0.05) is 128 Å². The van der Waals surface area contributed by atoms with Crippen LogP contribution in [-0.4, -0.2) is 275 Å². The number of rotatable bonds is 10. The fourth-order valence-corrected chi connectivity index (χ4v) is 16.2. The van der Waals surface area contributed by atoms with Gasteiger partial charge in [-0.25, -0.2) is 18.8 Å². The van der Waals surface area contributed by atoms with Gasteiger partial charge in [0.25, 0.3) is 6.43 Å². The van der Waals surface area contributed by atoms with Crippen LogP contribution in [0.5, 0.6) is 0 Å². The maximum Gasteiger partial charge on any atom is 0.251 e. The molecule has 5 aliphatic carbocycles. The van der Waals surface area contributed by atoms with E-state index in [2.05, 4.69) is 180 Å². The largest absolute Gasteiger partial charge is 0.373 e. The van der Waals surface area contributed by atoms with E-state index < -0.39 is 6.43 Å². The summed E-state index contributed by atoms with van der Waals surface area (Å²) in [5.74, 6) is 9.67. The lowest BCUT2D eigenvalue weighted by molar-refractivity contribution is -0.133. The van der Waals surface area contributed by atoms with Crippen LogP contribution in [0.4, 0.5) is 8.78 Å². The zero-order valence-corrected chi connectivity index (χ0v) is 73.3. The number of piperidine rings is 5. The van der Waals surface area contributed by atoms with Crippen molar-refractivity contribution in [2.45, 2.75) is 322 Å². The van der Waals surface area contributed by atoms with Gasteiger partial charge in [-0.15, -0.1) is 0 Å². The molecule has 0 spiro atoms. The molecule has 14 rings (SSSR count). The molecule has 1 amide bonds. The highest BCUT2D eigenvalue weighted by molar-refractivity contribution is 5.81. The highest BCUT2D eigenvalue weighted by atomic mass is 19.3. The molecule has 14 fully saturated rings. The quantitative estimate of drug-likeness (QED) is 0.167. The number of carbonyl (C=O) groups excluding carboxylic acids is 1. The first-order valence-electron chi connectivity index (χ1n) is 44.7. The molecular formula is C88H179F2N13O2. The van der Waals surface area contributed by atoms with Gasteiger partial charge in [0.05, 0.1) is 18.2 Å². The summed E-state index contributed by atoms with van der Waals surface area (Å²) in [4.78, 5) is 28.6. The maximum absolute atomic E-state index is 12.1. The van der Waals surface area contributed by atoms with Crippen molar-refractivity contribution < 1.29 is 18.3 Å². The van der Waals surface area contributed by atoms with Crippen molar-refractivity contribution in [1.29, 1.82) is 0 Å². The fraction of sp³-hybridized carbons (Fsp3) is 0.989. The Bertz CT molecular complexity index is 1980. The molecule has 0 aromatic rings. The van der Waals surface area contributed by atoms with Gasteiger partial charge in [0.1, 0.15) is 0 Å². The Hall–Kier alpha value is -1.19. The average Bonchev–Trinajstić information content (AvgIpc) is 1.56. The summed E-state index contributed by atoms with van der Waals surface area (Å²) in [6, 6.07) is 1.85. The number of ether oxygens (including phenoxy) is 1. The minimum atomic E-state index is -2.22. The number of likely N-dealkylation sites (tertiary alicyclic amines) is 3. The Morgan fingerprint density at radius 2 is 0.810 bits per heavy atom. The first kappa shape index (κ1) is 96.2. The predicted molar refractivity (Wildman–Crippen MR) is 448 cm³/mol. The second-order valence-electron chi connectivity index (χ2n) is 39.5. The third-order valence-corrected chi connectivity index (χ3v) is 22.3. The van der Waals surface area contributed by atoms with Gasteiger partial charge in [0.2, 0.25) is 5.91 Å². The summed E-state index contributed by atoms with van der Waals surface area (Å²) in [5, 5.41) is 18.5. The molecule has 9 aliphatic heterocycles. The summed E-state index contributed by atoms with van der Waals surface area (Å²) in [6.45, 7) is 78.0. The fourth-order valence-electron chi connectivity index (χ4n) is 16.2. The molecule has 4 N–H and O–H groups in total. The average molecular weight is 1490 g/mol. The molecule has 14 aliphatic rings. The second-order valence-corrected chi connectivity index (χ2v) is 39.5. The van der Waals surface area contributed by atoms with Crippen LogP contribution in [-0.2, 0) is 9.53 Å². The number of halogens is 2. The molecule has 9 heterocycles. The molecular weight excluding hydrogens is 1310 g/mol. The van der Waals surface area contributed by atoms with Crippen LogP contribution in [0, 0.1) is 59.2 Å². The molecule has 0 radical (unpaired) electrons. The van der Waals surface area contributed by atoms with Crippen molar-refractivity contribution >= 4 is 5.91 Å². The van der Waals surface area contributed by atoms with Crippen LogP contribution in [0.3, 0.4) is 0 Å². The Kier molecular flexibility index (Phi) is 47.9. The summed E-state index contributed by atoms with van der Waals surface area (Å²) < 4.78 is 30.0. The molecule has 105 heavy (non-hydrogen) atoms. The van der Waals surface area contributed by atoms with Crippen LogP contribution in [0.2, 0.25) is 0 Å². The summed E-state index contributed by atoms with van der Waals surface area (Å²) in [5.41, 5.74) is 0.652. The number of hydrazine groups is 1. The first-order chi connectivity index (χ1) is 49.7. The number of hydrogen-bond donors (Lipinski definition) is 4. The van der Waals surface area contributed by atoms with Gasteiger partial charge >= 0.3 is 0 Å². The molecule has 0 aromatic heterocycles. The number of nitrogens with one attached hydrogen (secondary N) is 4. The van der Waals surface area contributed by atoms with Gasteiger partial charge < -0.3 is 40.7 Å². The number of alkyl halides is 2. The van der Waals surface area contributed by atoms with Crippen molar-refractivity contribution in [3.8, 4) is 0 Å². The molecule has 2 atom stereocenters. The minimum absolute atomic E-state index is 0.0950. The van der Waals surface area contributed by atoms with Gasteiger partial charge in [0, 0.05) is 180 Å². The molecule has 15 nitrogen and oxygen atoms in total. The smallest absolute Gasteiger partial charge is 0.251 e. The number of amides is 1. The first-order valence-corrected chi connectivity index (χ1v) is 44.7. The molecule has 2 unspecified atom stereocenters. The Morgan fingerprint density at radius 3 is 1.22 bits per heavy atom. The molecule has 0 aromatic carbocycles. The molecule has 17 heteroatoms. The van der Waals surface area contributed by atoms with E-state index in [-0.39, 0.29) is 18.2 Å². The van der Waals surface area contributed by atoms with E-state index in [0.717, 1.165) is 143 Å². The third-order valence-electron chi connectivity index (χ3n) is 22.3. The van der Waals surface area contributed by atoms with Crippen LogP contribution < -0.4 is 21.3 Å². The molecule has 622 valence electrons. The zero-order valence-electron chi connectivity index (χ0n) is 73.3. The van der Waals surface area contributed by atoms with Crippen LogP contribution in [0.15, 0.2) is 0 Å². The van der Waals surface area contributed by atoms with E-state index in [1.807, 2.05) is 30.6 Å². The topological polar surface area (TPSA) is 104 Å². The predicted octanol–water partition coefficient (Wildman–Crippen LogP) is 15.9.